The lowest BCUT2D eigenvalue weighted by Gasteiger charge is -2.29. The Morgan fingerprint density at radius 2 is 0.736 bits per heavy atom. The van der Waals surface area contributed by atoms with Gasteiger partial charge in [-0.2, -0.15) is 0 Å². The average molecular weight is 749 g/mol. The predicted octanol–water partition coefficient (Wildman–Crippen LogP) is 0.970. The second-order valence-corrected chi connectivity index (χ2v) is 15.4. The summed E-state index contributed by atoms with van der Waals surface area (Å²) in [5, 5.41) is 0. The lowest BCUT2D eigenvalue weighted by atomic mass is 10.1. The highest BCUT2D eigenvalue weighted by atomic mass is 16.6. The minimum Gasteiger partial charge on any atom is -0.456 e. The molecule has 4 aliphatic carbocycles. The third-order valence-corrected chi connectivity index (χ3v) is 10.6. The number of likely N-dealkylation sites (N-methyl/N-ethyl adjacent to an activating group) is 4. The molecule has 53 heavy (non-hydrogen) atoms. The lowest BCUT2D eigenvalue weighted by molar-refractivity contribution is -0.165. The number of hydrogen-bond donors (Lipinski definition) is 0. The maximum atomic E-state index is 13.3. The number of carbonyl (C=O) groups excluding carboxylic acids is 8. The first kappa shape index (κ1) is 41.7. The van der Waals surface area contributed by atoms with Crippen LogP contribution in [0, 0.1) is 23.7 Å². The monoisotopic (exact) mass is 748 g/mol. The van der Waals surface area contributed by atoms with Gasteiger partial charge in [0.05, 0.1) is 0 Å². The van der Waals surface area contributed by atoms with Gasteiger partial charge in [0.25, 0.3) is 17.7 Å². The SMILES string of the molecule is CN(C)C(CC1CC1)C(=O)OCC(=O)N(C)[C@@H](CC1CC1)C(=O)OCC(=O)N(C)[C@@H](CC1CC1)C(=O)OCC(=O)N(C)[C@@H](CC1CC1)C(=O)OCC=O. The van der Waals surface area contributed by atoms with E-state index in [0.29, 0.717) is 31.5 Å². The van der Waals surface area contributed by atoms with E-state index in [1.807, 2.05) is 0 Å². The van der Waals surface area contributed by atoms with E-state index in [1.54, 1.807) is 19.0 Å². The molecule has 296 valence electrons. The summed E-state index contributed by atoms with van der Waals surface area (Å²) in [6, 6.07) is -3.46. The summed E-state index contributed by atoms with van der Waals surface area (Å²) in [6.07, 6.45) is 9.57. The van der Waals surface area contributed by atoms with Crippen molar-refractivity contribution in [3.63, 3.8) is 0 Å². The molecule has 3 amide bonds. The molecule has 16 nitrogen and oxygen atoms in total. The summed E-state index contributed by atoms with van der Waals surface area (Å²) in [7, 11) is 7.81. The van der Waals surface area contributed by atoms with Gasteiger partial charge >= 0.3 is 23.9 Å². The highest BCUT2D eigenvalue weighted by molar-refractivity contribution is 5.90. The van der Waals surface area contributed by atoms with Crippen LogP contribution in [0.3, 0.4) is 0 Å². The molecule has 4 rings (SSSR count). The van der Waals surface area contributed by atoms with Crippen molar-refractivity contribution in [2.45, 2.75) is 101 Å². The van der Waals surface area contributed by atoms with Crippen LogP contribution in [-0.2, 0) is 57.3 Å². The number of esters is 4. The minimum atomic E-state index is -1.06. The van der Waals surface area contributed by atoms with E-state index in [-0.39, 0.29) is 24.2 Å². The second-order valence-electron chi connectivity index (χ2n) is 15.4. The van der Waals surface area contributed by atoms with Crippen LogP contribution in [-0.4, -0.2) is 153 Å². The van der Waals surface area contributed by atoms with Gasteiger partial charge in [0.15, 0.2) is 26.1 Å². The van der Waals surface area contributed by atoms with Gasteiger partial charge in [-0.05, 0) is 63.5 Å². The number of carbonyl (C=O) groups is 8. The van der Waals surface area contributed by atoms with Crippen LogP contribution in [0.1, 0.15) is 77.0 Å². The van der Waals surface area contributed by atoms with Gasteiger partial charge in [0, 0.05) is 21.1 Å². The lowest BCUT2D eigenvalue weighted by Crippen LogP contribution is -2.49. The van der Waals surface area contributed by atoms with Crippen molar-refractivity contribution in [3.05, 3.63) is 0 Å². The zero-order valence-electron chi connectivity index (χ0n) is 31.7. The first-order chi connectivity index (χ1) is 25.2. The van der Waals surface area contributed by atoms with Crippen LogP contribution in [0.4, 0.5) is 0 Å². The Kier molecular flexibility index (Phi) is 15.2. The summed E-state index contributed by atoms with van der Waals surface area (Å²) < 4.78 is 21.1. The number of ether oxygens (including phenoxy) is 4. The summed E-state index contributed by atoms with van der Waals surface area (Å²) in [5.74, 6) is -3.59. The van der Waals surface area contributed by atoms with E-state index in [9.17, 15) is 38.4 Å². The maximum absolute atomic E-state index is 13.3. The van der Waals surface area contributed by atoms with Crippen LogP contribution >= 0.6 is 0 Å². The first-order valence-electron chi connectivity index (χ1n) is 18.7. The molecular weight excluding hydrogens is 692 g/mol. The highest BCUT2D eigenvalue weighted by Gasteiger charge is 2.40. The zero-order chi connectivity index (χ0) is 38.8. The second kappa shape index (κ2) is 19.3. The topological polar surface area (TPSA) is 186 Å². The molecule has 0 aromatic rings. The van der Waals surface area contributed by atoms with Gasteiger partial charge in [0.2, 0.25) is 0 Å². The fourth-order valence-electron chi connectivity index (χ4n) is 6.16. The van der Waals surface area contributed by atoms with Crippen LogP contribution in [0.2, 0.25) is 0 Å². The van der Waals surface area contributed by atoms with Gasteiger partial charge in [-0.1, -0.05) is 51.4 Å². The summed E-state index contributed by atoms with van der Waals surface area (Å²) in [5.41, 5.74) is 0. The fourth-order valence-corrected chi connectivity index (χ4v) is 6.16. The molecular formula is C37H56N4O12. The van der Waals surface area contributed by atoms with Crippen molar-refractivity contribution < 1.29 is 57.3 Å². The molecule has 1 unspecified atom stereocenters. The fraction of sp³-hybridized carbons (Fsp3) is 0.784. The first-order valence-corrected chi connectivity index (χ1v) is 18.7. The molecule has 4 aliphatic rings. The van der Waals surface area contributed by atoms with Crippen molar-refractivity contribution in [1.82, 2.24) is 19.6 Å². The molecule has 4 fully saturated rings. The standard InChI is InChI=1S/C37H56N4O12/c1-38(2)27(16-23-6-7-23)34(46)51-20-31(43)40(4)29(18-25-10-11-25)36(48)53-22-33(45)41(5)30(19-26-12-13-26)37(49)52-21-32(44)39(3)28(17-24-8-9-24)35(47)50-15-14-42/h14,23-30H,6-13,15-22H2,1-5H3/t27?,28-,29-,30-/m0/s1. The van der Waals surface area contributed by atoms with Crippen LogP contribution in [0.15, 0.2) is 0 Å². The Morgan fingerprint density at radius 1 is 0.472 bits per heavy atom. The van der Waals surface area contributed by atoms with Crippen molar-refractivity contribution in [2.24, 2.45) is 23.7 Å². The van der Waals surface area contributed by atoms with Crippen molar-refractivity contribution >= 4 is 47.9 Å². The Morgan fingerprint density at radius 3 is 1.00 bits per heavy atom. The van der Waals surface area contributed by atoms with E-state index in [0.717, 1.165) is 61.2 Å². The predicted molar refractivity (Wildman–Crippen MR) is 186 cm³/mol. The normalized spacial score (nSPS) is 18.8. The molecule has 4 atom stereocenters. The Hall–Kier alpha value is -4.08. The number of aldehydes is 1. The number of amides is 3. The number of hydrogen-bond acceptors (Lipinski definition) is 13. The summed E-state index contributed by atoms with van der Waals surface area (Å²) >= 11 is 0. The highest BCUT2D eigenvalue weighted by Crippen LogP contribution is 2.37. The molecule has 0 radical (unpaired) electrons. The zero-order valence-corrected chi connectivity index (χ0v) is 31.7. The van der Waals surface area contributed by atoms with E-state index in [1.165, 1.54) is 26.0 Å². The molecule has 0 aromatic carbocycles. The quantitative estimate of drug-likeness (QED) is 0.0773. The van der Waals surface area contributed by atoms with E-state index in [2.05, 4.69) is 0 Å². The molecule has 4 saturated carbocycles. The summed E-state index contributed by atoms with van der Waals surface area (Å²) in [6.45, 7) is -2.33. The van der Waals surface area contributed by atoms with Crippen LogP contribution in [0.25, 0.3) is 0 Å². The van der Waals surface area contributed by atoms with Gasteiger partial charge in [-0.25, -0.2) is 14.4 Å². The Balaban J connectivity index is 1.29. The molecule has 0 bridgehead atoms. The number of nitrogens with zero attached hydrogens (tertiary/aromatic N) is 4. The minimum absolute atomic E-state index is 0.178. The van der Waals surface area contributed by atoms with Crippen molar-refractivity contribution in [1.29, 1.82) is 0 Å². The largest absolute Gasteiger partial charge is 0.456 e. The van der Waals surface area contributed by atoms with Gasteiger partial charge in [-0.15, -0.1) is 0 Å². The van der Waals surface area contributed by atoms with Crippen LogP contribution < -0.4 is 0 Å². The van der Waals surface area contributed by atoms with Crippen molar-refractivity contribution in [3.8, 4) is 0 Å². The smallest absolute Gasteiger partial charge is 0.329 e. The van der Waals surface area contributed by atoms with Crippen molar-refractivity contribution in [2.75, 3.05) is 61.7 Å². The molecule has 0 heterocycles. The Labute approximate surface area is 311 Å². The van der Waals surface area contributed by atoms with Gasteiger partial charge in [-0.3, -0.25) is 28.9 Å². The average Bonchev–Trinajstić information content (AvgIpc) is 3.93. The maximum Gasteiger partial charge on any atom is 0.329 e. The third kappa shape index (κ3) is 13.4. The van der Waals surface area contributed by atoms with Gasteiger partial charge < -0.3 is 33.6 Å². The van der Waals surface area contributed by atoms with E-state index in [4.69, 9.17) is 18.9 Å². The molecule has 0 N–H and O–H groups in total. The van der Waals surface area contributed by atoms with Crippen LogP contribution in [0.5, 0.6) is 0 Å². The van der Waals surface area contributed by atoms with E-state index >= 15 is 0 Å². The third-order valence-electron chi connectivity index (χ3n) is 10.6. The number of rotatable bonds is 24. The Bertz CT molecular complexity index is 1360. The molecule has 0 aromatic heterocycles. The van der Waals surface area contributed by atoms with Gasteiger partial charge in [0.1, 0.15) is 30.8 Å². The molecule has 0 spiro atoms. The molecule has 0 aliphatic heterocycles. The molecule has 0 saturated heterocycles. The van der Waals surface area contributed by atoms with E-state index < -0.39 is 92.2 Å². The summed E-state index contributed by atoms with van der Waals surface area (Å²) in [4.78, 5) is 107. The molecule has 16 heteroatoms.